The number of terminal acetylenes is 1. The predicted octanol–water partition coefficient (Wildman–Crippen LogP) is 3.32. The Bertz CT molecular complexity index is 478. The van der Waals surface area contributed by atoms with Crippen molar-refractivity contribution >= 4 is 43.9 Å². The summed E-state index contributed by atoms with van der Waals surface area (Å²) in [6.45, 7) is 0.168. The van der Waals surface area contributed by atoms with Crippen molar-refractivity contribution in [1.29, 1.82) is 0 Å². The highest BCUT2D eigenvalue weighted by molar-refractivity contribution is 9.11. The number of hydrogen-bond acceptors (Lipinski definition) is 2. The average Bonchev–Trinajstić information content (AvgIpc) is 2.25. The Morgan fingerprint density at radius 1 is 1.47 bits per heavy atom. The molecule has 0 amide bonds. The van der Waals surface area contributed by atoms with E-state index in [0.717, 1.165) is 11.6 Å². The zero-order valence-corrected chi connectivity index (χ0v) is 11.8. The standard InChI is InChI=1S/C12H8Br2O3/c1-2-5-17-12-9(13)6-8(7-10(12)14)3-4-11(15)16/h1,3-4,6-7H,5H2,(H,15,16)/b4-3+. The van der Waals surface area contributed by atoms with Crippen molar-refractivity contribution in [2.75, 3.05) is 6.61 Å². The van der Waals surface area contributed by atoms with Crippen LogP contribution in [0.5, 0.6) is 5.75 Å². The highest BCUT2D eigenvalue weighted by Gasteiger charge is 2.07. The fourth-order valence-corrected chi connectivity index (χ4v) is 2.55. The number of halogens is 2. The van der Waals surface area contributed by atoms with E-state index in [1.54, 1.807) is 12.1 Å². The molecule has 0 heterocycles. The minimum Gasteiger partial charge on any atom is -0.479 e. The molecule has 1 aromatic carbocycles. The number of ether oxygens (including phenoxy) is 1. The molecule has 1 rings (SSSR count). The lowest BCUT2D eigenvalue weighted by Gasteiger charge is -2.08. The molecule has 0 spiro atoms. The Hall–Kier alpha value is -1.25. The van der Waals surface area contributed by atoms with Crippen molar-refractivity contribution in [2.45, 2.75) is 0 Å². The Morgan fingerprint density at radius 3 is 2.53 bits per heavy atom. The van der Waals surface area contributed by atoms with Crippen molar-refractivity contribution in [3.63, 3.8) is 0 Å². The van der Waals surface area contributed by atoms with Gasteiger partial charge in [-0.3, -0.25) is 0 Å². The Labute approximate surface area is 116 Å². The Balaban J connectivity index is 3.01. The summed E-state index contributed by atoms with van der Waals surface area (Å²) in [4.78, 5) is 10.4. The maximum absolute atomic E-state index is 10.4. The molecule has 0 radical (unpaired) electrons. The molecule has 0 aromatic heterocycles. The van der Waals surface area contributed by atoms with Gasteiger partial charge in [0.15, 0.2) is 0 Å². The topological polar surface area (TPSA) is 46.5 Å². The summed E-state index contributed by atoms with van der Waals surface area (Å²) in [5.41, 5.74) is 0.735. The number of carboxylic acids is 1. The van der Waals surface area contributed by atoms with Gasteiger partial charge >= 0.3 is 5.97 Å². The van der Waals surface area contributed by atoms with E-state index in [-0.39, 0.29) is 6.61 Å². The zero-order valence-electron chi connectivity index (χ0n) is 8.61. The minimum absolute atomic E-state index is 0.168. The third kappa shape index (κ3) is 4.25. The Kier molecular flexibility index (Phi) is 5.26. The van der Waals surface area contributed by atoms with Crippen molar-refractivity contribution in [1.82, 2.24) is 0 Å². The zero-order chi connectivity index (χ0) is 12.8. The maximum Gasteiger partial charge on any atom is 0.328 e. The van der Waals surface area contributed by atoms with Crippen LogP contribution < -0.4 is 4.74 Å². The van der Waals surface area contributed by atoms with Gasteiger partial charge in [-0.1, -0.05) is 5.92 Å². The van der Waals surface area contributed by atoms with Crippen molar-refractivity contribution < 1.29 is 14.6 Å². The summed E-state index contributed by atoms with van der Waals surface area (Å²) in [6, 6.07) is 3.49. The summed E-state index contributed by atoms with van der Waals surface area (Å²) < 4.78 is 6.73. The maximum atomic E-state index is 10.4. The van der Waals surface area contributed by atoms with Gasteiger partial charge in [-0.2, -0.15) is 0 Å². The number of hydrogen-bond donors (Lipinski definition) is 1. The summed E-state index contributed by atoms with van der Waals surface area (Å²) in [5.74, 6) is 1.97. The van der Waals surface area contributed by atoms with Crippen LogP contribution in [0.2, 0.25) is 0 Å². The molecule has 17 heavy (non-hydrogen) atoms. The first-order chi connectivity index (χ1) is 8.04. The first-order valence-electron chi connectivity index (χ1n) is 4.51. The average molecular weight is 360 g/mol. The molecular formula is C12H8Br2O3. The number of carbonyl (C=O) groups is 1. The molecule has 0 aliphatic rings. The molecule has 0 atom stereocenters. The van der Waals surface area contributed by atoms with Crippen LogP contribution in [-0.4, -0.2) is 17.7 Å². The van der Waals surface area contributed by atoms with Crippen LogP contribution in [0.15, 0.2) is 27.2 Å². The highest BCUT2D eigenvalue weighted by atomic mass is 79.9. The third-order valence-corrected chi connectivity index (χ3v) is 2.92. The second kappa shape index (κ2) is 6.48. The van der Waals surface area contributed by atoms with E-state index < -0.39 is 5.97 Å². The Morgan fingerprint density at radius 2 is 2.06 bits per heavy atom. The summed E-state index contributed by atoms with van der Waals surface area (Å²) in [6.07, 6.45) is 7.66. The van der Waals surface area contributed by atoms with Crippen LogP contribution in [0.1, 0.15) is 5.56 Å². The van der Waals surface area contributed by atoms with Crippen LogP contribution in [-0.2, 0) is 4.79 Å². The number of rotatable bonds is 4. The molecule has 1 aromatic rings. The number of carboxylic acid groups (broad SMARTS) is 1. The molecule has 88 valence electrons. The molecule has 1 N–H and O–H groups in total. The molecule has 0 aliphatic heterocycles. The van der Waals surface area contributed by atoms with Gasteiger partial charge in [0.1, 0.15) is 12.4 Å². The lowest BCUT2D eigenvalue weighted by Crippen LogP contribution is -1.96. The molecule has 0 unspecified atom stereocenters. The van der Waals surface area contributed by atoms with Crippen LogP contribution in [0.4, 0.5) is 0 Å². The van der Waals surface area contributed by atoms with Gasteiger partial charge in [-0.15, -0.1) is 6.42 Å². The van der Waals surface area contributed by atoms with Gasteiger partial charge < -0.3 is 9.84 Å². The normalized spacial score (nSPS) is 10.2. The summed E-state index contributed by atoms with van der Waals surface area (Å²) in [5, 5.41) is 8.53. The van der Waals surface area contributed by atoms with Crippen LogP contribution in [0, 0.1) is 12.3 Å². The molecular weight excluding hydrogens is 352 g/mol. The second-order valence-corrected chi connectivity index (χ2v) is 4.69. The molecule has 3 nitrogen and oxygen atoms in total. The van der Waals surface area contributed by atoms with Gasteiger partial charge in [0.25, 0.3) is 0 Å². The molecule has 0 fully saturated rings. The van der Waals surface area contributed by atoms with E-state index >= 15 is 0 Å². The van der Waals surface area contributed by atoms with E-state index in [1.807, 2.05) is 0 Å². The van der Waals surface area contributed by atoms with E-state index in [0.29, 0.717) is 14.7 Å². The van der Waals surface area contributed by atoms with Crippen molar-refractivity contribution in [3.05, 3.63) is 32.7 Å². The van der Waals surface area contributed by atoms with Gasteiger partial charge in [0.2, 0.25) is 0 Å². The first-order valence-corrected chi connectivity index (χ1v) is 6.09. The monoisotopic (exact) mass is 358 g/mol. The van der Waals surface area contributed by atoms with Gasteiger partial charge in [-0.05, 0) is 55.6 Å². The molecule has 0 saturated carbocycles. The van der Waals surface area contributed by atoms with Crippen molar-refractivity contribution in [3.8, 4) is 18.1 Å². The number of benzene rings is 1. The van der Waals surface area contributed by atoms with E-state index in [2.05, 4.69) is 37.8 Å². The third-order valence-electron chi connectivity index (χ3n) is 1.74. The van der Waals surface area contributed by atoms with E-state index in [4.69, 9.17) is 16.3 Å². The number of aliphatic carboxylic acids is 1. The SMILES string of the molecule is C#CCOc1c(Br)cc(/C=C/C(=O)O)cc1Br. The predicted molar refractivity (Wildman–Crippen MR) is 72.8 cm³/mol. The summed E-state index contributed by atoms with van der Waals surface area (Å²) >= 11 is 6.66. The van der Waals surface area contributed by atoms with Gasteiger partial charge in [0, 0.05) is 6.08 Å². The fraction of sp³-hybridized carbons (Fsp3) is 0.0833. The summed E-state index contributed by atoms with van der Waals surface area (Å²) in [7, 11) is 0. The first kappa shape index (κ1) is 13.8. The fourth-order valence-electron chi connectivity index (χ4n) is 1.09. The second-order valence-electron chi connectivity index (χ2n) is 2.98. The molecule has 0 bridgehead atoms. The van der Waals surface area contributed by atoms with E-state index in [1.165, 1.54) is 6.08 Å². The molecule has 0 saturated heterocycles. The lowest BCUT2D eigenvalue weighted by atomic mass is 10.2. The minimum atomic E-state index is -0.995. The van der Waals surface area contributed by atoms with Crippen LogP contribution in [0.25, 0.3) is 6.08 Å². The largest absolute Gasteiger partial charge is 0.479 e. The lowest BCUT2D eigenvalue weighted by molar-refractivity contribution is -0.131. The van der Waals surface area contributed by atoms with Crippen LogP contribution in [0.3, 0.4) is 0 Å². The molecule has 5 heteroatoms. The van der Waals surface area contributed by atoms with Crippen LogP contribution >= 0.6 is 31.9 Å². The molecule has 0 aliphatic carbocycles. The van der Waals surface area contributed by atoms with Gasteiger partial charge in [0.05, 0.1) is 8.95 Å². The van der Waals surface area contributed by atoms with Crippen molar-refractivity contribution in [2.24, 2.45) is 0 Å². The highest BCUT2D eigenvalue weighted by Crippen LogP contribution is 2.35. The van der Waals surface area contributed by atoms with Gasteiger partial charge in [-0.25, -0.2) is 4.79 Å². The quantitative estimate of drug-likeness (QED) is 0.662. The smallest absolute Gasteiger partial charge is 0.328 e. The van der Waals surface area contributed by atoms with E-state index in [9.17, 15) is 4.79 Å².